The SMILES string of the molecule is CC1Oc2cc(N)ccc2N=C1N1CCOCC1. The first-order chi connectivity index (χ1) is 8.74. The van der Waals surface area contributed by atoms with Crippen LogP contribution in [0.2, 0.25) is 0 Å². The molecule has 2 N–H and O–H groups in total. The molecule has 0 amide bonds. The number of ether oxygens (including phenoxy) is 2. The van der Waals surface area contributed by atoms with E-state index in [0.29, 0.717) is 5.69 Å². The minimum absolute atomic E-state index is 0.0441. The summed E-state index contributed by atoms with van der Waals surface area (Å²) in [6.07, 6.45) is -0.0441. The summed E-state index contributed by atoms with van der Waals surface area (Å²) < 4.78 is 11.2. The summed E-state index contributed by atoms with van der Waals surface area (Å²) in [5.74, 6) is 1.75. The minimum Gasteiger partial charge on any atom is -0.480 e. The molecule has 1 saturated heterocycles. The number of fused-ring (bicyclic) bond motifs is 1. The van der Waals surface area contributed by atoms with Crippen LogP contribution in [0.15, 0.2) is 23.2 Å². The standard InChI is InChI=1S/C13H17N3O2/c1-9-13(16-4-6-17-7-5-16)15-11-3-2-10(14)8-12(11)18-9/h2-3,8-9H,4-7,14H2,1H3. The van der Waals surface area contributed by atoms with Gasteiger partial charge in [-0.2, -0.15) is 0 Å². The number of anilines is 1. The van der Waals surface area contributed by atoms with Gasteiger partial charge >= 0.3 is 0 Å². The Morgan fingerprint density at radius 1 is 1.33 bits per heavy atom. The maximum atomic E-state index is 5.89. The van der Waals surface area contributed by atoms with E-state index in [0.717, 1.165) is 43.6 Å². The minimum atomic E-state index is -0.0441. The van der Waals surface area contributed by atoms with E-state index in [1.165, 1.54) is 0 Å². The average Bonchev–Trinajstić information content (AvgIpc) is 2.39. The topological polar surface area (TPSA) is 60.1 Å². The molecule has 0 spiro atoms. The second-order valence-electron chi connectivity index (χ2n) is 4.56. The van der Waals surface area contributed by atoms with E-state index in [1.54, 1.807) is 0 Å². The summed E-state index contributed by atoms with van der Waals surface area (Å²) in [6, 6.07) is 5.57. The van der Waals surface area contributed by atoms with Gasteiger partial charge < -0.3 is 20.1 Å². The molecule has 2 aliphatic rings. The summed E-state index contributed by atoms with van der Waals surface area (Å²) in [4.78, 5) is 6.93. The highest BCUT2D eigenvalue weighted by Gasteiger charge is 2.26. The number of hydrogen-bond acceptors (Lipinski definition) is 5. The van der Waals surface area contributed by atoms with Gasteiger partial charge in [0.2, 0.25) is 0 Å². The molecule has 1 fully saturated rings. The van der Waals surface area contributed by atoms with Crippen molar-refractivity contribution in [1.29, 1.82) is 0 Å². The zero-order chi connectivity index (χ0) is 12.5. The van der Waals surface area contributed by atoms with Gasteiger partial charge in [-0.1, -0.05) is 0 Å². The lowest BCUT2D eigenvalue weighted by atomic mass is 10.2. The second kappa shape index (κ2) is 4.49. The number of amidine groups is 1. The van der Waals surface area contributed by atoms with Crippen molar-refractivity contribution in [3.8, 4) is 5.75 Å². The van der Waals surface area contributed by atoms with Gasteiger partial charge in [-0.25, -0.2) is 4.99 Å². The molecule has 5 nitrogen and oxygen atoms in total. The second-order valence-corrected chi connectivity index (χ2v) is 4.56. The van der Waals surface area contributed by atoms with Crippen molar-refractivity contribution in [2.75, 3.05) is 32.0 Å². The molecule has 1 aromatic rings. The summed E-state index contributed by atoms with van der Waals surface area (Å²) in [7, 11) is 0. The highest BCUT2D eigenvalue weighted by molar-refractivity contribution is 5.91. The first-order valence-electron chi connectivity index (χ1n) is 6.21. The Balaban J connectivity index is 1.92. The van der Waals surface area contributed by atoms with Crippen molar-refractivity contribution in [1.82, 2.24) is 4.90 Å². The van der Waals surface area contributed by atoms with Crippen molar-refractivity contribution in [3.05, 3.63) is 18.2 Å². The summed E-state index contributed by atoms with van der Waals surface area (Å²) in [5, 5.41) is 0. The van der Waals surface area contributed by atoms with Crippen molar-refractivity contribution in [3.63, 3.8) is 0 Å². The molecule has 3 rings (SSSR count). The smallest absolute Gasteiger partial charge is 0.153 e. The summed E-state index contributed by atoms with van der Waals surface area (Å²) in [5.41, 5.74) is 7.30. The Hall–Kier alpha value is -1.75. The van der Waals surface area contributed by atoms with Crippen LogP contribution in [0.1, 0.15) is 6.92 Å². The Morgan fingerprint density at radius 3 is 2.89 bits per heavy atom. The van der Waals surface area contributed by atoms with Gasteiger partial charge in [0, 0.05) is 24.8 Å². The van der Waals surface area contributed by atoms with Crippen molar-refractivity contribution in [2.45, 2.75) is 13.0 Å². The normalized spacial score (nSPS) is 23.1. The third-order valence-electron chi connectivity index (χ3n) is 3.22. The predicted molar refractivity (Wildman–Crippen MR) is 70.4 cm³/mol. The Morgan fingerprint density at radius 2 is 2.11 bits per heavy atom. The van der Waals surface area contributed by atoms with E-state index in [4.69, 9.17) is 20.2 Å². The maximum Gasteiger partial charge on any atom is 0.153 e. The molecule has 96 valence electrons. The van der Waals surface area contributed by atoms with Crippen LogP contribution in [-0.4, -0.2) is 43.1 Å². The first kappa shape index (κ1) is 11.3. The Kier molecular flexibility index (Phi) is 2.83. The van der Waals surface area contributed by atoms with E-state index in [-0.39, 0.29) is 6.10 Å². The summed E-state index contributed by atoms with van der Waals surface area (Å²) in [6.45, 7) is 5.26. The molecule has 5 heteroatoms. The monoisotopic (exact) mass is 247 g/mol. The number of aliphatic imine (C=N–C) groups is 1. The molecule has 0 saturated carbocycles. The van der Waals surface area contributed by atoms with E-state index in [2.05, 4.69) is 4.90 Å². The lowest BCUT2D eigenvalue weighted by molar-refractivity contribution is 0.0635. The van der Waals surface area contributed by atoms with Crippen LogP contribution < -0.4 is 10.5 Å². The lowest BCUT2D eigenvalue weighted by Gasteiger charge is -2.34. The van der Waals surface area contributed by atoms with Crippen LogP contribution in [0.25, 0.3) is 0 Å². The van der Waals surface area contributed by atoms with Crippen LogP contribution in [0.4, 0.5) is 11.4 Å². The predicted octanol–water partition coefficient (Wildman–Crippen LogP) is 1.41. The van der Waals surface area contributed by atoms with E-state index >= 15 is 0 Å². The van der Waals surface area contributed by atoms with Crippen molar-refractivity contribution < 1.29 is 9.47 Å². The van der Waals surface area contributed by atoms with Gasteiger partial charge in [-0.3, -0.25) is 0 Å². The van der Waals surface area contributed by atoms with E-state index < -0.39 is 0 Å². The van der Waals surface area contributed by atoms with E-state index in [1.807, 2.05) is 25.1 Å². The molecule has 0 radical (unpaired) electrons. The number of hydrogen-bond donors (Lipinski definition) is 1. The van der Waals surface area contributed by atoms with E-state index in [9.17, 15) is 0 Å². The molecule has 0 aromatic heterocycles. The maximum absolute atomic E-state index is 5.89. The molecular formula is C13H17N3O2. The Labute approximate surface area is 106 Å². The van der Waals surface area contributed by atoms with Crippen molar-refractivity contribution in [2.24, 2.45) is 4.99 Å². The van der Waals surface area contributed by atoms with Crippen molar-refractivity contribution >= 4 is 17.2 Å². The largest absolute Gasteiger partial charge is 0.480 e. The highest BCUT2D eigenvalue weighted by Crippen LogP contribution is 2.34. The fourth-order valence-electron chi connectivity index (χ4n) is 2.30. The number of benzene rings is 1. The molecule has 0 aliphatic carbocycles. The molecule has 1 unspecified atom stereocenters. The molecule has 2 aliphatic heterocycles. The number of morpholine rings is 1. The Bertz CT molecular complexity index is 481. The third kappa shape index (κ3) is 2.01. The summed E-state index contributed by atoms with van der Waals surface area (Å²) >= 11 is 0. The van der Waals surface area contributed by atoms with Crippen LogP contribution in [0.3, 0.4) is 0 Å². The first-order valence-corrected chi connectivity index (χ1v) is 6.21. The zero-order valence-electron chi connectivity index (χ0n) is 10.4. The van der Waals surface area contributed by atoms with Gasteiger partial charge in [0.05, 0.1) is 13.2 Å². The molecular weight excluding hydrogens is 230 g/mol. The molecule has 1 aromatic carbocycles. The van der Waals surface area contributed by atoms with Gasteiger partial charge in [-0.05, 0) is 19.1 Å². The number of nitrogens with two attached hydrogens (primary N) is 1. The van der Waals surface area contributed by atoms with Crippen LogP contribution in [-0.2, 0) is 4.74 Å². The van der Waals surface area contributed by atoms with Gasteiger partial charge in [0.15, 0.2) is 6.10 Å². The fraction of sp³-hybridized carbons (Fsp3) is 0.462. The quantitative estimate of drug-likeness (QED) is 0.704. The van der Waals surface area contributed by atoms with Crippen LogP contribution >= 0.6 is 0 Å². The third-order valence-corrected chi connectivity index (χ3v) is 3.22. The number of rotatable bonds is 0. The lowest BCUT2D eigenvalue weighted by Crippen LogP contribution is -2.47. The van der Waals surface area contributed by atoms with Crippen LogP contribution in [0, 0.1) is 0 Å². The molecule has 1 atom stereocenters. The molecule has 0 bridgehead atoms. The number of nitrogens with zero attached hydrogens (tertiary/aromatic N) is 2. The molecule has 18 heavy (non-hydrogen) atoms. The van der Waals surface area contributed by atoms with Crippen LogP contribution in [0.5, 0.6) is 5.75 Å². The fourth-order valence-corrected chi connectivity index (χ4v) is 2.30. The van der Waals surface area contributed by atoms with Gasteiger partial charge in [0.25, 0.3) is 0 Å². The van der Waals surface area contributed by atoms with Gasteiger partial charge in [0.1, 0.15) is 17.3 Å². The highest BCUT2D eigenvalue weighted by atomic mass is 16.5. The zero-order valence-corrected chi connectivity index (χ0v) is 10.4. The molecule has 2 heterocycles. The number of nitrogen functional groups attached to an aromatic ring is 1. The average molecular weight is 247 g/mol. The van der Waals surface area contributed by atoms with Gasteiger partial charge in [-0.15, -0.1) is 0 Å².